The fourth-order valence-electron chi connectivity index (χ4n) is 3.68. The molecule has 0 fully saturated rings. The SMILES string of the molecule is Cn1c(-c2cc(-c3ccccc3)c3ccccc3n2)nc2cc([N+](=O)[O-])ccc21. The van der Waals surface area contributed by atoms with E-state index < -0.39 is 4.92 Å². The summed E-state index contributed by atoms with van der Waals surface area (Å²) in [5, 5.41) is 12.2. The van der Waals surface area contributed by atoms with Crippen molar-refractivity contribution in [2.24, 2.45) is 7.05 Å². The molecule has 5 aromatic rings. The van der Waals surface area contributed by atoms with Crippen molar-refractivity contribution < 1.29 is 4.92 Å². The van der Waals surface area contributed by atoms with Gasteiger partial charge >= 0.3 is 0 Å². The van der Waals surface area contributed by atoms with E-state index in [1.54, 1.807) is 6.07 Å². The van der Waals surface area contributed by atoms with Crippen molar-refractivity contribution in [3.8, 4) is 22.6 Å². The number of hydrogen-bond acceptors (Lipinski definition) is 4. The van der Waals surface area contributed by atoms with Crippen LogP contribution in [0.3, 0.4) is 0 Å². The number of nitro groups is 1. The Labute approximate surface area is 166 Å². The molecule has 29 heavy (non-hydrogen) atoms. The van der Waals surface area contributed by atoms with Crippen molar-refractivity contribution in [2.45, 2.75) is 0 Å². The largest absolute Gasteiger partial charge is 0.326 e. The first-order valence-corrected chi connectivity index (χ1v) is 9.18. The van der Waals surface area contributed by atoms with Gasteiger partial charge in [-0.2, -0.15) is 0 Å². The number of pyridine rings is 1. The molecule has 0 amide bonds. The number of aryl methyl sites for hydroxylation is 1. The molecule has 0 spiro atoms. The number of rotatable bonds is 3. The van der Waals surface area contributed by atoms with Crippen LogP contribution < -0.4 is 0 Å². The standard InChI is InChI=1S/C23H16N4O2/c1-26-22-12-11-16(27(28)29)13-20(22)25-23(26)21-14-18(15-7-3-2-4-8-15)17-9-5-6-10-19(17)24-21/h2-14H,1H3. The van der Waals surface area contributed by atoms with Crippen molar-refractivity contribution in [1.82, 2.24) is 14.5 Å². The third-order valence-corrected chi connectivity index (χ3v) is 5.11. The highest BCUT2D eigenvalue weighted by Crippen LogP contribution is 2.33. The summed E-state index contributed by atoms with van der Waals surface area (Å²) in [7, 11) is 1.90. The van der Waals surface area contributed by atoms with Crippen molar-refractivity contribution in [2.75, 3.05) is 0 Å². The maximum atomic E-state index is 11.1. The number of nitrogens with zero attached hydrogens (tertiary/aromatic N) is 4. The van der Waals surface area contributed by atoms with Crippen LogP contribution in [0.1, 0.15) is 0 Å². The zero-order valence-electron chi connectivity index (χ0n) is 15.6. The van der Waals surface area contributed by atoms with E-state index in [1.165, 1.54) is 12.1 Å². The number of para-hydroxylation sites is 1. The lowest BCUT2D eigenvalue weighted by molar-refractivity contribution is -0.384. The Balaban J connectivity index is 1.77. The van der Waals surface area contributed by atoms with Gasteiger partial charge in [-0.05, 0) is 29.3 Å². The molecule has 0 bridgehead atoms. The molecule has 0 radical (unpaired) electrons. The summed E-state index contributed by atoms with van der Waals surface area (Å²) >= 11 is 0. The van der Waals surface area contributed by atoms with Crippen LogP contribution in [-0.4, -0.2) is 19.5 Å². The molecule has 2 heterocycles. The topological polar surface area (TPSA) is 73.8 Å². The lowest BCUT2D eigenvalue weighted by atomic mass is 10.00. The molecule has 0 aliphatic rings. The summed E-state index contributed by atoms with van der Waals surface area (Å²) < 4.78 is 1.92. The number of imidazole rings is 1. The van der Waals surface area contributed by atoms with E-state index >= 15 is 0 Å². The first-order chi connectivity index (χ1) is 14.1. The first kappa shape index (κ1) is 17.1. The highest BCUT2D eigenvalue weighted by atomic mass is 16.6. The Kier molecular flexibility index (Phi) is 3.84. The van der Waals surface area contributed by atoms with E-state index in [0.717, 1.165) is 33.2 Å². The second-order valence-corrected chi connectivity index (χ2v) is 6.86. The Bertz CT molecular complexity index is 1390. The van der Waals surface area contributed by atoms with Gasteiger partial charge in [-0.25, -0.2) is 9.97 Å². The van der Waals surface area contributed by atoms with Crippen LogP contribution in [-0.2, 0) is 7.05 Å². The monoisotopic (exact) mass is 380 g/mol. The summed E-state index contributed by atoms with van der Waals surface area (Å²) in [5.41, 5.74) is 5.20. The molecule has 0 saturated carbocycles. The Morgan fingerprint density at radius 3 is 2.41 bits per heavy atom. The molecule has 0 atom stereocenters. The van der Waals surface area contributed by atoms with Gasteiger partial charge < -0.3 is 4.57 Å². The predicted molar refractivity (Wildman–Crippen MR) is 114 cm³/mol. The summed E-state index contributed by atoms with van der Waals surface area (Å²) in [6, 6.07) is 24.9. The molecule has 6 nitrogen and oxygen atoms in total. The van der Waals surface area contributed by atoms with Gasteiger partial charge in [0.05, 0.1) is 21.5 Å². The van der Waals surface area contributed by atoms with Crippen LogP contribution in [0.4, 0.5) is 5.69 Å². The van der Waals surface area contributed by atoms with Gasteiger partial charge in [-0.3, -0.25) is 10.1 Å². The molecule has 0 unspecified atom stereocenters. The first-order valence-electron chi connectivity index (χ1n) is 9.18. The fourth-order valence-corrected chi connectivity index (χ4v) is 3.68. The lowest BCUT2D eigenvalue weighted by Crippen LogP contribution is -1.96. The van der Waals surface area contributed by atoms with Crippen LogP contribution in [0.5, 0.6) is 0 Å². The van der Waals surface area contributed by atoms with E-state index in [2.05, 4.69) is 23.2 Å². The maximum absolute atomic E-state index is 11.1. The van der Waals surface area contributed by atoms with E-state index in [1.807, 2.05) is 54.1 Å². The molecule has 5 rings (SSSR count). The molecule has 140 valence electrons. The second-order valence-electron chi connectivity index (χ2n) is 6.86. The zero-order chi connectivity index (χ0) is 20.0. The number of aromatic nitrogens is 3. The van der Waals surface area contributed by atoms with Crippen LogP contribution >= 0.6 is 0 Å². The molecule has 3 aromatic carbocycles. The second kappa shape index (κ2) is 6.53. The van der Waals surface area contributed by atoms with Crippen molar-refractivity contribution in [3.05, 3.63) is 89.0 Å². The van der Waals surface area contributed by atoms with Gasteiger partial charge in [0.25, 0.3) is 5.69 Å². The van der Waals surface area contributed by atoms with Crippen molar-refractivity contribution >= 4 is 27.6 Å². The summed E-state index contributed by atoms with van der Waals surface area (Å²) in [6.45, 7) is 0. The fraction of sp³-hybridized carbons (Fsp3) is 0.0435. The summed E-state index contributed by atoms with van der Waals surface area (Å²) in [6.07, 6.45) is 0. The van der Waals surface area contributed by atoms with Gasteiger partial charge in [0.2, 0.25) is 0 Å². The number of nitro benzene ring substituents is 1. The van der Waals surface area contributed by atoms with Gasteiger partial charge in [-0.1, -0.05) is 48.5 Å². The maximum Gasteiger partial charge on any atom is 0.271 e. The number of fused-ring (bicyclic) bond motifs is 2. The highest BCUT2D eigenvalue weighted by Gasteiger charge is 2.17. The van der Waals surface area contributed by atoms with Crippen LogP contribution in [0, 0.1) is 10.1 Å². The Morgan fingerprint density at radius 2 is 1.62 bits per heavy atom. The van der Waals surface area contributed by atoms with Gasteiger partial charge in [0.15, 0.2) is 5.82 Å². The molecule has 0 N–H and O–H groups in total. The lowest BCUT2D eigenvalue weighted by Gasteiger charge is -2.10. The van der Waals surface area contributed by atoms with Crippen molar-refractivity contribution in [3.63, 3.8) is 0 Å². The van der Waals surface area contributed by atoms with E-state index in [-0.39, 0.29) is 5.69 Å². The van der Waals surface area contributed by atoms with Crippen LogP contribution in [0.25, 0.3) is 44.6 Å². The number of hydrogen-bond donors (Lipinski definition) is 0. The van der Waals surface area contributed by atoms with E-state index in [0.29, 0.717) is 11.3 Å². The van der Waals surface area contributed by atoms with Crippen LogP contribution in [0.2, 0.25) is 0 Å². The summed E-state index contributed by atoms with van der Waals surface area (Å²) in [4.78, 5) is 20.2. The Hall–Kier alpha value is -4.06. The minimum atomic E-state index is -0.407. The number of non-ortho nitro benzene ring substituents is 1. The van der Waals surface area contributed by atoms with E-state index in [4.69, 9.17) is 4.98 Å². The van der Waals surface area contributed by atoms with E-state index in [9.17, 15) is 10.1 Å². The normalized spacial score (nSPS) is 11.2. The molecule has 6 heteroatoms. The smallest absolute Gasteiger partial charge is 0.271 e. The molecule has 0 saturated heterocycles. The van der Waals surface area contributed by atoms with Gasteiger partial charge in [-0.15, -0.1) is 0 Å². The highest BCUT2D eigenvalue weighted by molar-refractivity contribution is 5.96. The minimum Gasteiger partial charge on any atom is -0.326 e. The third-order valence-electron chi connectivity index (χ3n) is 5.11. The molecular formula is C23H16N4O2. The average Bonchev–Trinajstić information content (AvgIpc) is 3.09. The Morgan fingerprint density at radius 1 is 0.862 bits per heavy atom. The van der Waals surface area contributed by atoms with Crippen LogP contribution in [0.15, 0.2) is 78.9 Å². The summed E-state index contributed by atoms with van der Waals surface area (Å²) in [5.74, 6) is 0.670. The van der Waals surface area contributed by atoms with Gasteiger partial charge in [0.1, 0.15) is 5.69 Å². The quantitative estimate of drug-likeness (QED) is 0.312. The molecular weight excluding hydrogens is 364 g/mol. The molecule has 0 aliphatic carbocycles. The minimum absolute atomic E-state index is 0.0265. The number of benzene rings is 3. The van der Waals surface area contributed by atoms with Crippen molar-refractivity contribution in [1.29, 1.82) is 0 Å². The average molecular weight is 380 g/mol. The molecule has 0 aliphatic heterocycles. The predicted octanol–water partition coefficient (Wildman–Crippen LogP) is 5.36. The molecule has 2 aromatic heterocycles. The zero-order valence-corrected chi connectivity index (χ0v) is 15.6. The third kappa shape index (κ3) is 2.82. The van der Waals surface area contributed by atoms with Gasteiger partial charge in [0, 0.05) is 24.6 Å².